The first-order chi connectivity index (χ1) is 12.9. The summed E-state index contributed by atoms with van der Waals surface area (Å²) in [6.07, 6.45) is 1.17. The minimum Gasteiger partial charge on any atom is -0.369 e. The van der Waals surface area contributed by atoms with Gasteiger partial charge >= 0.3 is 0 Å². The Balaban J connectivity index is 1.47. The van der Waals surface area contributed by atoms with Gasteiger partial charge in [-0.25, -0.2) is 0 Å². The molecule has 1 aromatic carbocycles. The molecule has 0 unspecified atom stereocenters. The van der Waals surface area contributed by atoms with Crippen molar-refractivity contribution in [3.63, 3.8) is 0 Å². The largest absolute Gasteiger partial charge is 0.369 e. The summed E-state index contributed by atoms with van der Waals surface area (Å²) in [5.74, 6) is 0.0348. The molecule has 2 amide bonds. The molecule has 0 aliphatic carbocycles. The first kappa shape index (κ1) is 17.6. The predicted molar refractivity (Wildman–Crippen MR) is 104 cm³/mol. The van der Waals surface area contributed by atoms with Crippen LogP contribution in [-0.4, -0.2) is 45.1 Å². The van der Waals surface area contributed by atoms with E-state index in [0.717, 1.165) is 22.8 Å². The molecule has 7 heteroatoms. The normalized spacial score (nSPS) is 19.2. The highest BCUT2D eigenvalue weighted by Crippen LogP contribution is 2.36. The molecule has 1 atom stereocenters. The molecule has 1 spiro atoms. The SMILES string of the molecule is Cc1cc(C)n([C@@H](C)C(=O)N2CCC3(CC2)Nc2ccccc2NC3=O)n1. The third-order valence-corrected chi connectivity index (χ3v) is 5.68. The number of piperidine rings is 1. The van der Waals surface area contributed by atoms with E-state index in [-0.39, 0.29) is 17.9 Å². The molecule has 27 heavy (non-hydrogen) atoms. The molecule has 0 bridgehead atoms. The van der Waals surface area contributed by atoms with Crippen LogP contribution in [0.4, 0.5) is 11.4 Å². The minimum absolute atomic E-state index is 0.0140. The van der Waals surface area contributed by atoms with Gasteiger partial charge in [-0.15, -0.1) is 0 Å². The molecule has 1 fully saturated rings. The summed E-state index contributed by atoms with van der Waals surface area (Å²) in [7, 11) is 0. The summed E-state index contributed by atoms with van der Waals surface area (Å²) >= 11 is 0. The lowest BCUT2D eigenvalue weighted by molar-refractivity contribution is -0.137. The quantitative estimate of drug-likeness (QED) is 0.855. The number of hydrogen-bond donors (Lipinski definition) is 2. The van der Waals surface area contributed by atoms with Crippen molar-refractivity contribution < 1.29 is 9.59 Å². The number of nitrogens with zero attached hydrogens (tertiary/aromatic N) is 3. The van der Waals surface area contributed by atoms with Crippen molar-refractivity contribution in [3.05, 3.63) is 41.7 Å². The van der Waals surface area contributed by atoms with E-state index in [4.69, 9.17) is 0 Å². The molecule has 0 radical (unpaired) electrons. The Morgan fingerprint density at radius 3 is 2.48 bits per heavy atom. The van der Waals surface area contributed by atoms with Gasteiger partial charge in [0.15, 0.2) is 0 Å². The summed E-state index contributed by atoms with van der Waals surface area (Å²) in [5.41, 5.74) is 2.99. The topological polar surface area (TPSA) is 79.3 Å². The molecule has 142 valence electrons. The Bertz CT molecular complexity index is 896. The number of carbonyl (C=O) groups excluding carboxylic acids is 2. The first-order valence-corrected chi connectivity index (χ1v) is 9.40. The van der Waals surface area contributed by atoms with Crippen molar-refractivity contribution in [2.45, 2.75) is 45.2 Å². The second-order valence-electron chi connectivity index (χ2n) is 7.58. The smallest absolute Gasteiger partial charge is 0.250 e. The number of likely N-dealkylation sites (tertiary alicyclic amines) is 1. The van der Waals surface area contributed by atoms with Crippen LogP contribution in [0.5, 0.6) is 0 Å². The molecule has 1 saturated heterocycles. The van der Waals surface area contributed by atoms with Crippen molar-refractivity contribution in [2.24, 2.45) is 0 Å². The van der Waals surface area contributed by atoms with Gasteiger partial charge in [0.25, 0.3) is 0 Å². The van der Waals surface area contributed by atoms with Crippen molar-refractivity contribution in [2.75, 3.05) is 23.7 Å². The van der Waals surface area contributed by atoms with Crippen molar-refractivity contribution in [1.82, 2.24) is 14.7 Å². The van der Waals surface area contributed by atoms with Gasteiger partial charge in [0, 0.05) is 18.8 Å². The van der Waals surface area contributed by atoms with Gasteiger partial charge in [-0.3, -0.25) is 14.3 Å². The molecular formula is C20H25N5O2. The van der Waals surface area contributed by atoms with Gasteiger partial charge in [0.2, 0.25) is 11.8 Å². The van der Waals surface area contributed by atoms with Gasteiger partial charge in [-0.2, -0.15) is 5.10 Å². The van der Waals surface area contributed by atoms with Crippen LogP contribution in [0.3, 0.4) is 0 Å². The molecule has 4 rings (SSSR count). The maximum Gasteiger partial charge on any atom is 0.250 e. The Labute approximate surface area is 158 Å². The molecule has 0 saturated carbocycles. The first-order valence-electron chi connectivity index (χ1n) is 9.40. The Morgan fingerprint density at radius 1 is 1.19 bits per heavy atom. The summed E-state index contributed by atoms with van der Waals surface area (Å²) in [6, 6.07) is 9.34. The molecule has 2 aromatic rings. The van der Waals surface area contributed by atoms with Crippen molar-refractivity contribution >= 4 is 23.2 Å². The Kier molecular flexibility index (Phi) is 4.17. The fraction of sp³-hybridized carbons (Fsp3) is 0.450. The van der Waals surface area contributed by atoms with Crippen LogP contribution < -0.4 is 10.6 Å². The van der Waals surface area contributed by atoms with Gasteiger partial charge in [0.1, 0.15) is 11.6 Å². The molecule has 2 N–H and O–H groups in total. The van der Waals surface area contributed by atoms with E-state index in [9.17, 15) is 9.59 Å². The number of rotatable bonds is 2. The average Bonchev–Trinajstić information content (AvgIpc) is 3.00. The molecule has 7 nitrogen and oxygen atoms in total. The molecule has 1 aromatic heterocycles. The summed E-state index contributed by atoms with van der Waals surface area (Å²) < 4.78 is 1.78. The summed E-state index contributed by atoms with van der Waals surface area (Å²) in [4.78, 5) is 27.5. The highest BCUT2D eigenvalue weighted by molar-refractivity contribution is 6.06. The van der Waals surface area contributed by atoms with Gasteiger partial charge in [0.05, 0.1) is 17.1 Å². The van der Waals surface area contributed by atoms with E-state index in [1.54, 1.807) is 4.68 Å². The minimum atomic E-state index is -0.646. The van der Waals surface area contributed by atoms with Crippen LogP contribution in [-0.2, 0) is 9.59 Å². The van der Waals surface area contributed by atoms with Gasteiger partial charge in [-0.05, 0) is 51.8 Å². The van der Waals surface area contributed by atoms with Crippen LogP contribution in [0.1, 0.15) is 37.2 Å². The number of hydrogen-bond acceptors (Lipinski definition) is 4. The second kappa shape index (κ2) is 6.40. The standard InChI is InChI=1S/C20H25N5O2/c1-13-12-14(2)25(23-13)15(3)18(26)24-10-8-20(9-11-24)19(27)21-16-6-4-5-7-17(16)22-20/h4-7,12,15,22H,8-11H2,1-3H3,(H,21,27)/t15-/m0/s1. The number of carbonyl (C=O) groups is 2. The third-order valence-electron chi connectivity index (χ3n) is 5.68. The van der Waals surface area contributed by atoms with Crippen LogP contribution >= 0.6 is 0 Å². The van der Waals surface area contributed by atoms with Crippen LogP contribution in [0.15, 0.2) is 30.3 Å². The number of aromatic nitrogens is 2. The number of fused-ring (bicyclic) bond motifs is 1. The lowest BCUT2D eigenvalue weighted by Gasteiger charge is -2.44. The summed E-state index contributed by atoms with van der Waals surface area (Å²) in [5, 5.41) is 10.9. The summed E-state index contributed by atoms with van der Waals surface area (Å²) in [6.45, 7) is 6.86. The maximum atomic E-state index is 13.0. The fourth-order valence-electron chi connectivity index (χ4n) is 4.13. The van der Waals surface area contributed by atoms with Gasteiger partial charge < -0.3 is 15.5 Å². The van der Waals surface area contributed by atoms with Crippen molar-refractivity contribution in [3.8, 4) is 0 Å². The van der Waals surface area contributed by atoms with E-state index in [1.165, 1.54) is 0 Å². The van der Waals surface area contributed by atoms with Gasteiger partial charge in [-0.1, -0.05) is 12.1 Å². The van der Waals surface area contributed by atoms with E-state index in [0.29, 0.717) is 25.9 Å². The Morgan fingerprint density at radius 2 is 1.85 bits per heavy atom. The fourth-order valence-corrected chi connectivity index (χ4v) is 4.13. The van der Waals surface area contributed by atoms with Crippen molar-refractivity contribution in [1.29, 1.82) is 0 Å². The zero-order chi connectivity index (χ0) is 19.2. The van der Waals surface area contributed by atoms with E-state index in [2.05, 4.69) is 15.7 Å². The van der Waals surface area contributed by atoms with Crippen LogP contribution in [0.2, 0.25) is 0 Å². The van der Waals surface area contributed by atoms with Crippen LogP contribution in [0.25, 0.3) is 0 Å². The maximum absolute atomic E-state index is 13.0. The van der Waals surface area contributed by atoms with Crippen LogP contribution in [0, 0.1) is 13.8 Å². The Hall–Kier alpha value is -2.83. The monoisotopic (exact) mass is 367 g/mol. The highest BCUT2D eigenvalue weighted by atomic mass is 16.2. The lowest BCUT2D eigenvalue weighted by atomic mass is 9.84. The van der Waals surface area contributed by atoms with E-state index >= 15 is 0 Å². The number of anilines is 2. The number of benzene rings is 1. The average molecular weight is 367 g/mol. The second-order valence-corrected chi connectivity index (χ2v) is 7.58. The van der Waals surface area contributed by atoms with E-state index in [1.807, 2.05) is 56.0 Å². The van der Waals surface area contributed by atoms with E-state index < -0.39 is 5.54 Å². The number of para-hydroxylation sites is 2. The zero-order valence-electron chi connectivity index (χ0n) is 16.0. The molecule has 3 heterocycles. The highest BCUT2D eigenvalue weighted by Gasteiger charge is 2.45. The zero-order valence-corrected chi connectivity index (χ0v) is 16.0. The number of nitrogens with one attached hydrogen (secondary N) is 2. The molecular weight excluding hydrogens is 342 g/mol. The molecule has 2 aliphatic rings. The lowest BCUT2D eigenvalue weighted by Crippen LogP contribution is -2.59. The number of aryl methyl sites for hydroxylation is 2. The third kappa shape index (κ3) is 2.97. The number of amides is 2. The predicted octanol–water partition coefficient (Wildman–Crippen LogP) is 2.49. The molecule has 2 aliphatic heterocycles.